The summed E-state index contributed by atoms with van der Waals surface area (Å²) in [7, 11) is 0. The highest BCUT2D eigenvalue weighted by molar-refractivity contribution is 6.14. The molecule has 0 bridgehead atoms. The van der Waals surface area contributed by atoms with Crippen LogP contribution in [0.15, 0.2) is 30.3 Å². The van der Waals surface area contributed by atoms with Crippen LogP contribution in [0.4, 0.5) is 0 Å². The van der Waals surface area contributed by atoms with Crippen LogP contribution < -0.4 is 0 Å². The molecular weight excluding hydrogens is 260 g/mol. The number of phenolic OH excluding ortho intramolecular Hbond substituents is 2. The number of rotatable bonds is 1. The van der Waals surface area contributed by atoms with E-state index in [0.717, 1.165) is 6.07 Å². The summed E-state index contributed by atoms with van der Waals surface area (Å²) >= 11 is 0. The molecule has 0 aromatic heterocycles. The van der Waals surface area contributed by atoms with E-state index in [1.54, 1.807) is 12.1 Å². The lowest BCUT2D eigenvalue weighted by Gasteiger charge is -2.20. The summed E-state index contributed by atoms with van der Waals surface area (Å²) in [6, 6.07) is 6.97. The number of ketones is 1. The van der Waals surface area contributed by atoms with E-state index in [-0.39, 0.29) is 29.0 Å². The maximum absolute atomic E-state index is 12.4. The summed E-state index contributed by atoms with van der Waals surface area (Å²) in [6.45, 7) is 0. The third-order valence-electron chi connectivity index (χ3n) is 3.47. The van der Waals surface area contributed by atoms with Gasteiger partial charge in [0, 0.05) is 28.7 Å². The summed E-state index contributed by atoms with van der Waals surface area (Å²) in [5, 5.41) is 28.7. The third kappa shape index (κ3) is 1.64. The van der Waals surface area contributed by atoms with Crippen LogP contribution in [-0.4, -0.2) is 27.1 Å². The Hall–Kier alpha value is -2.82. The molecule has 3 rings (SSSR count). The van der Waals surface area contributed by atoms with E-state index in [1.165, 1.54) is 12.1 Å². The highest BCUT2D eigenvalue weighted by atomic mass is 16.4. The van der Waals surface area contributed by atoms with Crippen LogP contribution in [0.1, 0.15) is 37.4 Å². The van der Waals surface area contributed by atoms with Crippen LogP contribution in [0.3, 0.4) is 0 Å². The maximum Gasteiger partial charge on any atom is 0.335 e. The largest absolute Gasteiger partial charge is 0.508 e. The number of aromatic carboxylic acids is 1. The Bertz CT molecular complexity index is 761. The van der Waals surface area contributed by atoms with Gasteiger partial charge in [-0.2, -0.15) is 0 Å². The van der Waals surface area contributed by atoms with E-state index in [4.69, 9.17) is 5.11 Å². The van der Waals surface area contributed by atoms with Crippen LogP contribution in [0.25, 0.3) is 0 Å². The van der Waals surface area contributed by atoms with Crippen LogP contribution in [-0.2, 0) is 6.42 Å². The van der Waals surface area contributed by atoms with Gasteiger partial charge >= 0.3 is 5.97 Å². The summed E-state index contributed by atoms with van der Waals surface area (Å²) in [4.78, 5) is 23.4. The van der Waals surface area contributed by atoms with Crippen molar-refractivity contribution in [2.75, 3.05) is 0 Å². The molecule has 0 saturated carbocycles. The molecule has 0 aliphatic heterocycles. The number of carbonyl (C=O) groups is 2. The minimum Gasteiger partial charge on any atom is -0.508 e. The second kappa shape index (κ2) is 4.09. The monoisotopic (exact) mass is 270 g/mol. The number of phenols is 2. The fourth-order valence-corrected chi connectivity index (χ4v) is 2.46. The first-order chi connectivity index (χ1) is 9.49. The molecule has 5 heteroatoms. The molecule has 100 valence electrons. The molecule has 1 aliphatic carbocycles. The molecular formula is C15H10O5. The molecule has 3 N–H and O–H groups in total. The number of fused-ring (bicyclic) bond motifs is 2. The topological polar surface area (TPSA) is 94.8 Å². The van der Waals surface area contributed by atoms with E-state index in [2.05, 4.69) is 0 Å². The van der Waals surface area contributed by atoms with Gasteiger partial charge in [-0.1, -0.05) is 12.1 Å². The molecule has 20 heavy (non-hydrogen) atoms. The summed E-state index contributed by atoms with van der Waals surface area (Å²) < 4.78 is 0. The van der Waals surface area contributed by atoms with Gasteiger partial charge in [0.25, 0.3) is 0 Å². The number of carboxylic acid groups (broad SMARTS) is 1. The first-order valence-corrected chi connectivity index (χ1v) is 5.93. The molecule has 0 fully saturated rings. The van der Waals surface area contributed by atoms with Crippen LogP contribution >= 0.6 is 0 Å². The van der Waals surface area contributed by atoms with Crippen molar-refractivity contribution in [3.05, 3.63) is 58.1 Å². The van der Waals surface area contributed by atoms with Gasteiger partial charge in [-0.05, 0) is 18.2 Å². The molecule has 2 aromatic carbocycles. The zero-order chi connectivity index (χ0) is 14.4. The fourth-order valence-electron chi connectivity index (χ4n) is 2.46. The fraction of sp³-hybridized carbons (Fsp3) is 0.0667. The second-order valence-corrected chi connectivity index (χ2v) is 4.64. The second-order valence-electron chi connectivity index (χ2n) is 4.64. The van der Waals surface area contributed by atoms with Gasteiger partial charge in [-0.3, -0.25) is 4.79 Å². The van der Waals surface area contributed by atoms with E-state index < -0.39 is 11.8 Å². The van der Waals surface area contributed by atoms with Crippen molar-refractivity contribution < 1.29 is 24.9 Å². The van der Waals surface area contributed by atoms with E-state index in [9.17, 15) is 19.8 Å². The molecule has 0 heterocycles. The van der Waals surface area contributed by atoms with E-state index >= 15 is 0 Å². The van der Waals surface area contributed by atoms with Gasteiger partial charge in [0.1, 0.15) is 11.5 Å². The van der Waals surface area contributed by atoms with Crippen molar-refractivity contribution in [1.82, 2.24) is 0 Å². The quantitative estimate of drug-likeness (QED) is 0.628. The summed E-state index contributed by atoms with van der Waals surface area (Å²) in [5.41, 5.74) is 1.15. The Labute approximate surface area is 113 Å². The van der Waals surface area contributed by atoms with Crippen molar-refractivity contribution in [3.8, 4) is 11.5 Å². The summed E-state index contributed by atoms with van der Waals surface area (Å²) in [5.74, 6) is -1.86. The van der Waals surface area contributed by atoms with Crippen LogP contribution in [0.2, 0.25) is 0 Å². The van der Waals surface area contributed by atoms with Gasteiger partial charge in [0.15, 0.2) is 5.78 Å². The van der Waals surface area contributed by atoms with Gasteiger partial charge in [-0.15, -0.1) is 0 Å². The smallest absolute Gasteiger partial charge is 0.335 e. The normalized spacial score (nSPS) is 12.7. The zero-order valence-electron chi connectivity index (χ0n) is 10.3. The number of benzene rings is 2. The van der Waals surface area contributed by atoms with Gasteiger partial charge < -0.3 is 15.3 Å². The molecule has 0 unspecified atom stereocenters. The Morgan fingerprint density at radius 1 is 1.00 bits per heavy atom. The summed E-state index contributed by atoms with van der Waals surface area (Å²) in [6.07, 6.45) is 0.189. The van der Waals surface area contributed by atoms with Gasteiger partial charge in [-0.25, -0.2) is 4.79 Å². The number of hydrogen-bond acceptors (Lipinski definition) is 4. The van der Waals surface area contributed by atoms with Crippen molar-refractivity contribution in [2.24, 2.45) is 0 Å². The molecule has 5 nitrogen and oxygen atoms in total. The standard InChI is InChI=1S/C15H10O5/c16-12-3-1-2-8-9(12)6-10-11(14(8)18)4-7(15(19)20)5-13(10)17/h1-5,16-17H,6H2,(H,19,20). The molecule has 0 atom stereocenters. The van der Waals surface area contributed by atoms with Crippen molar-refractivity contribution in [3.63, 3.8) is 0 Å². The predicted octanol–water partition coefficient (Wildman–Crippen LogP) is 1.93. The molecule has 0 spiro atoms. The van der Waals surface area contributed by atoms with Gasteiger partial charge in [0.05, 0.1) is 5.56 Å². The minimum absolute atomic E-state index is 0.0109. The Morgan fingerprint density at radius 2 is 1.70 bits per heavy atom. The lowest BCUT2D eigenvalue weighted by molar-refractivity contribution is 0.0696. The molecule has 1 aliphatic rings. The number of aromatic hydroxyl groups is 2. The Balaban J connectivity index is 2.25. The Kier molecular flexibility index (Phi) is 2.50. The zero-order valence-corrected chi connectivity index (χ0v) is 10.3. The van der Waals surface area contributed by atoms with Crippen LogP contribution in [0.5, 0.6) is 11.5 Å². The molecule has 0 amide bonds. The maximum atomic E-state index is 12.4. The molecule has 0 radical (unpaired) electrons. The average Bonchev–Trinajstić information content (AvgIpc) is 2.41. The van der Waals surface area contributed by atoms with Crippen molar-refractivity contribution >= 4 is 11.8 Å². The van der Waals surface area contributed by atoms with Crippen molar-refractivity contribution in [2.45, 2.75) is 6.42 Å². The minimum atomic E-state index is -1.21. The molecule has 0 saturated heterocycles. The highest BCUT2D eigenvalue weighted by Crippen LogP contribution is 2.36. The highest BCUT2D eigenvalue weighted by Gasteiger charge is 2.28. The van der Waals surface area contributed by atoms with Gasteiger partial charge in [0.2, 0.25) is 0 Å². The average molecular weight is 270 g/mol. The first-order valence-electron chi connectivity index (χ1n) is 5.93. The van der Waals surface area contributed by atoms with Crippen LogP contribution in [0, 0.1) is 0 Å². The number of hydrogen-bond donors (Lipinski definition) is 3. The van der Waals surface area contributed by atoms with E-state index in [1.807, 2.05) is 0 Å². The van der Waals surface area contributed by atoms with Crippen molar-refractivity contribution in [1.29, 1.82) is 0 Å². The first kappa shape index (κ1) is 12.2. The van der Waals surface area contributed by atoms with E-state index in [0.29, 0.717) is 16.7 Å². The Morgan fingerprint density at radius 3 is 2.40 bits per heavy atom. The lowest BCUT2D eigenvalue weighted by Crippen LogP contribution is -2.16. The lowest BCUT2D eigenvalue weighted by atomic mass is 9.83. The number of carboxylic acids is 1. The SMILES string of the molecule is O=C(O)c1cc(O)c2c(c1)C(=O)c1cccc(O)c1C2. The number of carbonyl (C=O) groups excluding carboxylic acids is 1. The molecule has 2 aromatic rings. The third-order valence-corrected chi connectivity index (χ3v) is 3.47. The predicted molar refractivity (Wildman–Crippen MR) is 69.4 cm³/mol.